The van der Waals surface area contributed by atoms with Gasteiger partial charge in [0.05, 0.1) is 0 Å². The molecule has 1 aliphatic carbocycles. The lowest BCUT2D eigenvalue weighted by molar-refractivity contribution is -0.144. The molecule has 1 heterocycles. The second-order valence-electron chi connectivity index (χ2n) is 4.85. The molecule has 0 amide bonds. The van der Waals surface area contributed by atoms with E-state index in [2.05, 4.69) is 10.3 Å². The smallest absolute Gasteiger partial charge is 0.328 e. The normalized spacial score (nSPS) is 19.4. The van der Waals surface area contributed by atoms with Crippen LogP contribution in [0.1, 0.15) is 31.7 Å². The summed E-state index contributed by atoms with van der Waals surface area (Å²) < 4.78 is 0. The van der Waals surface area contributed by atoms with E-state index >= 15 is 0 Å². The van der Waals surface area contributed by atoms with Crippen molar-refractivity contribution in [3.8, 4) is 0 Å². The summed E-state index contributed by atoms with van der Waals surface area (Å²) >= 11 is 0. The van der Waals surface area contributed by atoms with E-state index in [4.69, 9.17) is 0 Å². The van der Waals surface area contributed by atoms with Gasteiger partial charge in [-0.2, -0.15) is 0 Å². The molecule has 92 valence electrons. The SMILES string of the molecule is CC(NCC1CCC1)(C(=O)O)c1cccnc1. The van der Waals surface area contributed by atoms with Crippen molar-refractivity contribution in [2.24, 2.45) is 5.92 Å². The molecule has 17 heavy (non-hydrogen) atoms. The van der Waals surface area contributed by atoms with Crippen LogP contribution in [0.2, 0.25) is 0 Å². The van der Waals surface area contributed by atoms with Gasteiger partial charge >= 0.3 is 5.97 Å². The van der Waals surface area contributed by atoms with E-state index in [0.29, 0.717) is 11.5 Å². The molecule has 1 aromatic rings. The molecule has 2 rings (SSSR count). The van der Waals surface area contributed by atoms with E-state index in [-0.39, 0.29) is 0 Å². The second-order valence-corrected chi connectivity index (χ2v) is 4.85. The number of nitrogens with zero attached hydrogens (tertiary/aromatic N) is 1. The van der Waals surface area contributed by atoms with Gasteiger partial charge < -0.3 is 5.11 Å². The van der Waals surface area contributed by atoms with E-state index in [1.54, 1.807) is 31.5 Å². The standard InChI is InChI=1S/C13H18N2O2/c1-13(12(16)17,11-6-3-7-14-9-11)15-8-10-4-2-5-10/h3,6-7,9-10,15H,2,4-5,8H2,1H3,(H,16,17). The molecule has 4 nitrogen and oxygen atoms in total. The summed E-state index contributed by atoms with van der Waals surface area (Å²) in [7, 11) is 0. The van der Waals surface area contributed by atoms with Crippen molar-refractivity contribution in [2.75, 3.05) is 6.54 Å². The molecule has 1 atom stereocenters. The fourth-order valence-electron chi connectivity index (χ4n) is 2.01. The molecule has 0 spiro atoms. The monoisotopic (exact) mass is 234 g/mol. The topological polar surface area (TPSA) is 62.2 Å². The highest BCUT2D eigenvalue weighted by atomic mass is 16.4. The number of pyridine rings is 1. The van der Waals surface area contributed by atoms with Crippen LogP contribution in [-0.4, -0.2) is 22.6 Å². The Balaban J connectivity index is 2.11. The average molecular weight is 234 g/mol. The third kappa shape index (κ3) is 2.47. The summed E-state index contributed by atoms with van der Waals surface area (Å²) in [6, 6.07) is 3.57. The van der Waals surface area contributed by atoms with Gasteiger partial charge in [0.2, 0.25) is 0 Å². The largest absolute Gasteiger partial charge is 0.480 e. The molecule has 0 radical (unpaired) electrons. The van der Waals surface area contributed by atoms with Crippen molar-refractivity contribution in [3.63, 3.8) is 0 Å². The Labute approximate surface area is 101 Å². The van der Waals surface area contributed by atoms with E-state index < -0.39 is 11.5 Å². The van der Waals surface area contributed by atoms with Crippen LogP contribution in [0.25, 0.3) is 0 Å². The van der Waals surface area contributed by atoms with Gasteiger partial charge in [-0.05, 0) is 38.3 Å². The number of hydrogen-bond donors (Lipinski definition) is 2. The van der Waals surface area contributed by atoms with Crippen molar-refractivity contribution in [3.05, 3.63) is 30.1 Å². The third-order valence-corrected chi connectivity index (χ3v) is 3.64. The lowest BCUT2D eigenvalue weighted by atomic mass is 9.84. The number of nitrogens with one attached hydrogen (secondary N) is 1. The number of carbonyl (C=O) groups is 1. The van der Waals surface area contributed by atoms with Gasteiger partial charge in [0.15, 0.2) is 0 Å². The first-order valence-corrected chi connectivity index (χ1v) is 6.02. The van der Waals surface area contributed by atoms with Gasteiger partial charge in [-0.15, -0.1) is 0 Å². The highest BCUT2D eigenvalue weighted by Gasteiger charge is 2.36. The highest BCUT2D eigenvalue weighted by Crippen LogP contribution is 2.27. The minimum absolute atomic E-state index is 0.630. The molecule has 1 unspecified atom stereocenters. The van der Waals surface area contributed by atoms with Crippen molar-refractivity contribution >= 4 is 5.97 Å². The van der Waals surface area contributed by atoms with Gasteiger partial charge in [0.25, 0.3) is 0 Å². The van der Waals surface area contributed by atoms with Crippen LogP contribution in [-0.2, 0) is 10.3 Å². The molecule has 1 aliphatic rings. The maximum absolute atomic E-state index is 11.5. The molecule has 0 aliphatic heterocycles. The first-order chi connectivity index (χ1) is 8.13. The molecule has 0 saturated heterocycles. The van der Waals surface area contributed by atoms with Gasteiger partial charge in [0, 0.05) is 18.0 Å². The average Bonchev–Trinajstić information content (AvgIpc) is 2.27. The number of carboxylic acid groups (broad SMARTS) is 1. The third-order valence-electron chi connectivity index (χ3n) is 3.64. The minimum Gasteiger partial charge on any atom is -0.480 e. The lowest BCUT2D eigenvalue weighted by Gasteiger charge is -2.32. The number of carboxylic acids is 1. The number of hydrogen-bond acceptors (Lipinski definition) is 3. The van der Waals surface area contributed by atoms with Crippen LogP contribution >= 0.6 is 0 Å². The van der Waals surface area contributed by atoms with Crippen molar-refractivity contribution in [1.29, 1.82) is 0 Å². The summed E-state index contributed by atoms with van der Waals surface area (Å²) in [5.74, 6) is -0.227. The van der Waals surface area contributed by atoms with E-state index in [1.165, 1.54) is 19.3 Å². The Morgan fingerprint density at radius 3 is 2.88 bits per heavy atom. The molecule has 1 aromatic heterocycles. The fourth-order valence-corrected chi connectivity index (χ4v) is 2.01. The number of aliphatic carboxylic acids is 1. The zero-order chi connectivity index (χ0) is 12.3. The Bertz CT molecular complexity index is 390. The molecule has 1 saturated carbocycles. The van der Waals surface area contributed by atoms with Gasteiger partial charge in [-0.3, -0.25) is 10.3 Å². The van der Waals surface area contributed by atoms with Gasteiger partial charge in [0.1, 0.15) is 5.54 Å². The Hall–Kier alpha value is -1.42. The molecule has 2 N–H and O–H groups in total. The summed E-state index contributed by atoms with van der Waals surface area (Å²) in [6.07, 6.45) is 6.94. The predicted octanol–water partition coefficient (Wildman–Crippen LogP) is 1.77. The summed E-state index contributed by atoms with van der Waals surface area (Å²) in [5, 5.41) is 12.6. The van der Waals surface area contributed by atoms with Crippen LogP contribution in [0.4, 0.5) is 0 Å². The van der Waals surface area contributed by atoms with Crippen LogP contribution in [0.3, 0.4) is 0 Å². The molecule has 0 bridgehead atoms. The van der Waals surface area contributed by atoms with E-state index in [0.717, 1.165) is 6.54 Å². The highest BCUT2D eigenvalue weighted by molar-refractivity contribution is 5.80. The summed E-state index contributed by atoms with van der Waals surface area (Å²) in [6.45, 7) is 2.46. The Morgan fingerprint density at radius 1 is 1.65 bits per heavy atom. The predicted molar refractivity (Wildman–Crippen MR) is 64.6 cm³/mol. The summed E-state index contributed by atoms with van der Waals surface area (Å²) in [4.78, 5) is 15.4. The zero-order valence-electron chi connectivity index (χ0n) is 10.0. The van der Waals surface area contributed by atoms with E-state index in [1.807, 2.05) is 0 Å². The Morgan fingerprint density at radius 2 is 2.41 bits per heavy atom. The number of aromatic nitrogens is 1. The van der Waals surface area contributed by atoms with Crippen molar-refractivity contribution in [1.82, 2.24) is 10.3 Å². The van der Waals surface area contributed by atoms with Gasteiger partial charge in [-0.1, -0.05) is 12.5 Å². The fraction of sp³-hybridized carbons (Fsp3) is 0.538. The summed E-state index contributed by atoms with van der Waals surface area (Å²) in [5.41, 5.74) is -0.337. The maximum atomic E-state index is 11.5. The Kier molecular flexibility index (Phi) is 3.43. The maximum Gasteiger partial charge on any atom is 0.328 e. The van der Waals surface area contributed by atoms with Gasteiger partial charge in [-0.25, -0.2) is 4.79 Å². The molecule has 1 fully saturated rings. The second kappa shape index (κ2) is 4.84. The van der Waals surface area contributed by atoms with Crippen LogP contribution in [0.5, 0.6) is 0 Å². The molecular formula is C13H18N2O2. The first kappa shape index (κ1) is 12.0. The lowest BCUT2D eigenvalue weighted by Crippen LogP contribution is -2.49. The first-order valence-electron chi connectivity index (χ1n) is 6.02. The van der Waals surface area contributed by atoms with Crippen LogP contribution < -0.4 is 5.32 Å². The number of rotatable bonds is 5. The zero-order valence-corrected chi connectivity index (χ0v) is 10.0. The molecular weight excluding hydrogens is 216 g/mol. The van der Waals surface area contributed by atoms with Crippen molar-refractivity contribution in [2.45, 2.75) is 31.7 Å². The quantitative estimate of drug-likeness (QED) is 0.815. The van der Waals surface area contributed by atoms with Crippen molar-refractivity contribution < 1.29 is 9.90 Å². The minimum atomic E-state index is -1.04. The molecule has 0 aromatic carbocycles. The molecule has 4 heteroatoms. The van der Waals surface area contributed by atoms with Crippen LogP contribution in [0, 0.1) is 5.92 Å². The van der Waals surface area contributed by atoms with E-state index in [9.17, 15) is 9.90 Å². The van der Waals surface area contributed by atoms with Crippen LogP contribution in [0.15, 0.2) is 24.5 Å².